The van der Waals surface area contributed by atoms with Crippen LogP contribution in [0, 0.1) is 5.92 Å². The van der Waals surface area contributed by atoms with Crippen molar-refractivity contribution in [2.75, 3.05) is 12.4 Å². The second-order valence-electron chi connectivity index (χ2n) is 5.78. The Kier molecular flexibility index (Phi) is 3.82. The van der Waals surface area contributed by atoms with Gasteiger partial charge in [-0.1, -0.05) is 19.8 Å². The van der Waals surface area contributed by atoms with Crippen LogP contribution >= 0.6 is 0 Å². The molecular weight excluding hydrogens is 266 g/mol. The Balaban J connectivity index is 2.01. The average Bonchev–Trinajstić information content (AvgIpc) is 2.98. The second kappa shape index (κ2) is 5.76. The van der Waals surface area contributed by atoms with Crippen molar-refractivity contribution in [3.63, 3.8) is 0 Å². The maximum absolute atomic E-state index is 12.0. The number of fused-ring (bicyclic) bond motifs is 1. The van der Waals surface area contributed by atoms with Crippen molar-refractivity contribution in [3.05, 3.63) is 30.1 Å². The van der Waals surface area contributed by atoms with Gasteiger partial charge in [0.2, 0.25) is 0 Å². The van der Waals surface area contributed by atoms with E-state index in [0.29, 0.717) is 17.5 Å². The Labute approximate surface area is 124 Å². The largest absolute Gasteiger partial charge is 0.465 e. The molecule has 2 heterocycles. The number of aromatic nitrogens is 2. The Morgan fingerprint density at radius 2 is 2.24 bits per heavy atom. The molecule has 0 aromatic carbocycles. The summed E-state index contributed by atoms with van der Waals surface area (Å²) >= 11 is 0. The van der Waals surface area contributed by atoms with E-state index < -0.39 is 0 Å². The molecular formula is C16H21N3O2. The van der Waals surface area contributed by atoms with Gasteiger partial charge in [0.25, 0.3) is 0 Å². The zero-order valence-corrected chi connectivity index (χ0v) is 12.5. The summed E-state index contributed by atoms with van der Waals surface area (Å²) in [6, 6.07) is 4.29. The third-order valence-corrected chi connectivity index (χ3v) is 4.41. The molecule has 0 amide bonds. The maximum atomic E-state index is 12.0. The molecule has 2 aromatic heterocycles. The van der Waals surface area contributed by atoms with Gasteiger partial charge < -0.3 is 10.1 Å². The van der Waals surface area contributed by atoms with Crippen molar-refractivity contribution < 1.29 is 9.53 Å². The predicted octanol–water partition coefficient (Wildman–Crippen LogP) is 3.11. The average molecular weight is 287 g/mol. The Morgan fingerprint density at radius 1 is 1.43 bits per heavy atom. The third kappa shape index (κ3) is 2.60. The van der Waals surface area contributed by atoms with Crippen LogP contribution in [0.1, 0.15) is 43.0 Å². The summed E-state index contributed by atoms with van der Waals surface area (Å²) in [5, 5.41) is 7.84. The van der Waals surface area contributed by atoms with Crippen molar-refractivity contribution >= 4 is 17.2 Å². The van der Waals surface area contributed by atoms with Crippen LogP contribution in [0.25, 0.3) is 5.52 Å². The number of anilines is 1. The quantitative estimate of drug-likeness (QED) is 0.881. The van der Waals surface area contributed by atoms with E-state index in [0.717, 1.165) is 17.6 Å². The highest BCUT2D eigenvalue weighted by atomic mass is 16.5. The predicted molar refractivity (Wildman–Crippen MR) is 81.6 cm³/mol. The Morgan fingerprint density at radius 3 is 3.00 bits per heavy atom. The van der Waals surface area contributed by atoms with E-state index in [-0.39, 0.29) is 5.97 Å². The fourth-order valence-corrected chi connectivity index (χ4v) is 3.13. The summed E-state index contributed by atoms with van der Waals surface area (Å²) in [5.41, 5.74) is 2.25. The third-order valence-electron chi connectivity index (χ3n) is 4.41. The van der Waals surface area contributed by atoms with E-state index in [9.17, 15) is 4.79 Å². The number of esters is 1. The number of hydrogen-bond donors (Lipinski definition) is 1. The SMILES string of the molecule is COC(=O)c1cnn2cccc2c1N[C@@H]1CCCC[C@@H]1C. The molecule has 0 unspecified atom stereocenters. The molecule has 1 saturated carbocycles. The number of carbonyl (C=O) groups excluding carboxylic acids is 1. The van der Waals surface area contributed by atoms with Crippen LogP contribution in [0.3, 0.4) is 0 Å². The summed E-state index contributed by atoms with van der Waals surface area (Å²) in [6.07, 6.45) is 8.35. The minimum absolute atomic E-state index is 0.350. The van der Waals surface area contributed by atoms with Crippen LogP contribution in [0.4, 0.5) is 5.69 Å². The summed E-state index contributed by atoms with van der Waals surface area (Å²) in [7, 11) is 1.40. The lowest BCUT2D eigenvalue weighted by atomic mass is 9.85. The molecule has 5 heteroatoms. The molecule has 2 atom stereocenters. The molecule has 1 N–H and O–H groups in total. The highest BCUT2D eigenvalue weighted by Crippen LogP contribution is 2.30. The van der Waals surface area contributed by atoms with Gasteiger partial charge in [-0.2, -0.15) is 5.10 Å². The lowest BCUT2D eigenvalue weighted by molar-refractivity contribution is 0.0601. The Bertz CT molecular complexity index is 650. The maximum Gasteiger partial charge on any atom is 0.341 e. The zero-order chi connectivity index (χ0) is 14.8. The minimum Gasteiger partial charge on any atom is -0.465 e. The molecule has 1 fully saturated rings. The van der Waals surface area contributed by atoms with Gasteiger partial charge in [-0.05, 0) is 30.9 Å². The van der Waals surface area contributed by atoms with Crippen LogP contribution < -0.4 is 5.32 Å². The summed E-state index contributed by atoms with van der Waals surface area (Å²) in [4.78, 5) is 12.0. The van der Waals surface area contributed by atoms with Gasteiger partial charge in [0.15, 0.2) is 0 Å². The molecule has 2 aromatic rings. The number of nitrogens with one attached hydrogen (secondary N) is 1. The summed E-state index contributed by atoms with van der Waals surface area (Å²) < 4.78 is 6.67. The zero-order valence-electron chi connectivity index (χ0n) is 12.5. The fourth-order valence-electron chi connectivity index (χ4n) is 3.13. The molecule has 21 heavy (non-hydrogen) atoms. The molecule has 1 aliphatic carbocycles. The highest BCUT2D eigenvalue weighted by molar-refractivity contribution is 5.99. The van der Waals surface area contributed by atoms with Gasteiger partial charge in [0.05, 0.1) is 24.5 Å². The van der Waals surface area contributed by atoms with E-state index in [1.807, 2.05) is 18.3 Å². The molecule has 0 saturated heterocycles. The number of ether oxygens (including phenoxy) is 1. The van der Waals surface area contributed by atoms with Crippen LogP contribution in [0.15, 0.2) is 24.5 Å². The van der Waals surface area contributed by atoms with Crippen molar-refractivity contribution in [1.29, 1.82) is 0 Å². The molecule has 3 rings (SSSR count). The fraction of sp³-hybridized carbons (Fsp3) is 0.500. The number of carbonyl (C=O) groups is 1. The first-order chi connectivity index (χ1) is 10.2. The summed E-state index contributed by atoms with van der Waals surface area (Å²) in [6.45, 7) is 2.27. The lowest BCUT2D eigenvalue weighted by Crippen LogP contribution is -2.31. The molecule has 0 spiro atoms. The van der Waals surface area contributed by atoms with E-state index >= 15 is 0 Å². The normalized spacial score (nSPS) is 22.2. The van der Waals surface area contributed by atoms with E-state index in [1.54, 1.807) is 10.7 Å². The second-order valence-corrected chi connectivity index (χ2v) is 5.78. The van der Waals surface area contributed by atoms with Gasteiger partial charge in [-0.3, -0.25) is 0 Å². The number of nitrogens with zero attached hydrogens (tertiary/aromatic N) is 2. The lowest BCUT2D eigenvalue weighted by Gasteiger charge is -2.31. The van der Waals surface area contributed by atoms with Gasteiger partial charge in [-0.15, -0.1) is 0 Å². The molecule has 0 radical (unpaired) electrons. The first-order valence-corrected chi connectivity index (χ1v) is 7.52. The van der Waals surface area contributed by atoms with Gasteiger partial charge in [-0.25, -0.2) is 9.31 Å². The van der Waals surface area contributed by atoms with E-state index in [4.69, 9.17) is 4.74 Å². The standard InChI is InChI=1S/C16H21N3O2/c1-11-6-3-4-7-13(11)18-15-12(16(20)21-2)10-17-19-9-5-8-14(15)19/h5,8-11,13,18H,3-4,6-7H2,1-2H3/t11-,13+/m0/s1. The van der Waals surface area contributed by atoms with Crippen molar-refractivity contribution in [1.82, 2.24) is 9.61 Å². The van der Waals surface area contributed by atoms with Crippen molar-refractivity contribution in [2.24, 2.45) is 5.92 Å². The first kappa shape index (κ1) is 13.9. The molecule has 0 bridgehead atoms. The number of hydrogen-bond acceptors (Lipinski definition) is 4. The smallest absolute Gasteiger partial charge is 0.341 e. The van der Waals surface area contributed by atoms with Crippen molar-refractivity contribution in [2.45, 2.75) is 38.6 Å². The molecule has 1 aliphatic rings. The first-order valence-electron chi connectivity index (χ1n) is 7.52. The number of rotatable bonds is 3. The van der Waals surface area contributed by atoms with Crippen LogP contribution in [-0.4, -0.2) is 28.7 Å². The highest BCUT2D eigenvalue weighted by Gasteiger charge is 2.24. The minimum atomic E-state index is -0.350. The van der Waals surface area contributed by atoms with Crippen LogP contribution in [0.2, 0.25) is 0 Å². The van der Waals surface area contributed by atoms with E-state index in [1.165, 1.54) is 26.4 Å². The Hall–Kier alpha value is -2.04. The van der Waals surface area contributed by atoms with Gasteiger partial charge >= 0.3 is 5.97 Å². The van der Waals surface area contributed by atoms with Crippen LogP contribution in [-0.2, 0) is 4.74 Å². The number of methoxy groups -OCH3 is 1. The van der Waals surface area contributed by atoms with Gasteiger partial charge in [0, 0.05) is 12.2 Å². The van der Waals surface area contributed by atoms with Gasteiger partial charge in [0.1, 0.15) is 5.56 Å². The van der Waals surface area contributed by atoms with Crippen LogP contribution in [0.5, 0.6) is 0 Å². The topological polar surface area (TPSA) is 55.6 Å². The van der Waals surface area contributed by atoms with Crippen molar-refractivity contribution in [3.8, 4) is 0 Å². The molecule has 5 nitrogen and oxygen atoms in total. The van der Waals surface area contributed by atoms with E-state index in [2.05, 4.69) is 17.3 Å². The summed E-state index contributed by atoms with van der Waals surface area (Å²) in [5.74, 6) is 0.254. The monoisotopic (exact) mass is 287 g/mol. The molecule has 0 aliphatic heterocycles. The molecule has 112 valence electrons.